The maximum atomic E-state index is 10.5. The maximum absolute atomic E-state index is 10.5. The first-order valence-corrected chi connectivity index (χ1v) is 12.6. The summed E-state index contributed by atoms with van der Waals surface area (Å²) in [5.74, 6) is 0.191. The Balaban J connectivity index is 0.000000479. The van der Waals surface area contributed by atoms with Crippen molar-refractivity contribution in [1.82, 2.24) is 0 Å². The first-order valence-electron chi connectivity index (χ1n) is 12.6. The lowest BCUT2D eigenvalue weighted by Gasteiger charge is -2.19. The molecule has 0 spiro atoms. The molecule has 0 heterocycles. The molecule has 0 bridgehead atoms. The van der Waals surface area contributed by atoms with Gasteiger partial charge in [0, 0.05) is 25.3 Å². The summed E-state index contributed by atoms with van der Waals surface area (Å²) >= 11 is 0. The topological polar surface area (TPSA) is 113 Å². The largest absolute Gasteiger partial charge is 0.497 e. The van der Waals surface area contributed by atoms with Crippen LogP contribution in [-0.2, 0) is 11.3 Å². The second-order valence-electron chi connectivity index (χ2n) is 8.93. The van der Waals surface area contributed by atoms with E-state index in [9.17, 15) is 15.0 Å². The fourth-order valence-electron chi connectivity index (χ4n) is 4.15. The minimum Gasteiger partial charge on any atom is -0.497 e. The number of aliphatic hydroxyl groups is 2. The lowest BCUT2D eigenvalue weighted by molar-refractivity contribution is -0.137. The first-order chi connectivity index (χ1) is 16.4. The number of carbonyl (C=O) groups is 1. The standard InChI is InChI=1S/C20H34O4.C8H11NO/c1-2-3-4-5-6-9-12-16-17(19(22)15-18(16)21)13-10-7-8-11-14-20(23)24;1-10-8-4-2-7(6-9)3-5-8/h7,9-10,12,16-19,21-22H,2-6,8,11,13-15H2,1H3,(H,23,24);2-5H,6,9H2,1H3/b10-7-,12-9+;/t16-,17-,18-,19+;/m1./s1. The monoisotopic (exact) mass is 475 g/mol. The zero-order valence-electron chi connectivity index (χ0n) is 20.9. The van der Waals surface area contributed by atoms with Crippen molar-refractivity contribution in [2.75, 3.05) is 7.11 Å². The Morgan fingerprint density at radius 1 is 1.03 bits per heavy atom. The van der Waals surface area contributed by atoms with Crippen molar-refractivity contribution in [2.45, 2.75) is 89.9 Å². The smallest absolute Gasteiger partial charge is 0.303 e. The molecule has 4 atom stereocenters. The number of ether oxygens (including phenoxy) is 1. The molecular formula is C28H45NO5. The van der Waals surface area contributed by atoms with Crippen molar-refractivity contribution in [2.24, 2.45) is 17.6 Å². The van der Waals surface area contributed by atoms with Gasteiger partial charge in [0.2, 0.25) is 0 Å². The van der Waals surface area contributed by atoms with Gasteiger partial charge < -0.3 is 25.8 Å². The van der Waals surface area contributed by atoms with Crippen LogP contribution in [0.25, 0.3) is 0 Å². The van der Waals surface area contributed by atoms with Gasteiger partial charge >= 0.3 is 5.97 Å². The lowest BCUT2D eigenvalue weighted by Crippen LogP contribution is -2.19. The number of aliphatic hydroxyl groups excluding tert-OH is 2. The van der Waals surface area contributed by atoms with Crippen LogP contribution in [0.15, 0.2) is 48.6 Å². The Morgan fingerprint density at radius 3 is 2.35 bits per heavy atom. The lowest BCUT2D eigenvalue weighted by atomic mass is 9.89. The molecule has 34 heavy (non-hydrogen) atoms. The van der Waals surface area contributed by atoms with Crippen LogP contribution in [0, 0.1) is 11.8 Å². The summed E-state index contributed by atoms with van der Waals surface area (Å²) in [5, 5.41) is 28.9. The van der Waals surface area contributed by atoms with E-state index < -0.39 is 18.2 Å². The molecule has 1 saturated carbocycles. The number of nitrogens with two attached hydrogens (primary N) is 1. The molecule has 0 radical (unpaired) electrons. The molecule has 1 aromatic rings. The van der Waals surface area contributed by atoms with E-state index in [0.717, 1.165) is 30.6 Å². The van der Waals surface area contributed by atoms with Crippen molar-refractivity contribution < 1.29 is 24.9 Å². The molecule has 1 aliphatic carbocycles. The maximum Gasteiger partial charge on any atom is 0.303 e. The quantitative estimate of drug-likeness (QED) is 0.217. The molecule has 6 heteroatoms. The van der Waals surface area contributed by atoms with E-state index in [-0.39, 0.29) is 18.3 Å². The summed E-state index contributed by atoms with van der Waals surface area (Å²) in [6.45, 7) is 2.79. The number of carboxylic acid groups (broad SMARTS) is 1. The highest BCUT2D eigenvalue weighted by molar-refractivity contribution is 5.66. The van der Waals surface area contributed by atoms with Crippen molar-refractivity contribution in [3.05, 3.63) is 54.1 Å². The second kappa shape index (κ2) is 18.2. The SMILES string of the molecule is CCCCCC/C=C/[C@@H]1[C@@H](C/C=C\CCCC(=O)O)[C@@H](O)C[C@H]1O.COc1ccc(CN)cc1. The first kappa shape index (κ1) is 29.9. The van der Waals surface area contributed by atoms with Crippen molar-refractivity contribution in [3.8, 4) is 5.75 Å². The van der Waals surface area contributed by atoms with Gasteiger partial charge in [-0.05, 0) is 55.7 Å². The number of hydrogen-bond acceptors (Lipinski definition) is 5. The van der Waals surface area contributed by atoms with Gasteiger partial charge in [0.1, 0.15) is 5.75 Å². The van der Waals surface area contributed by atoms with Crippen LogP contribution >= 0.6 is 0 Å². The number of allylic oxidation sites excluding steroid dienone is 3. The van der Waals surface area contributed by atoms with Crippen LogP contribution in [0.1, 0.15) is 76.7 Å². The fraction of sp³-hybridized carbons (Fsp3) is 0.607. The third-order valence-electron chi connectivity index (χ3n) is 6.23. The normalized spacial score (nSPS) is 22.1. The van der Waals surface area contributed by atoms with Gasteiger partial charge in [-0.2, -0.15) is 0 Å². The van der Waals surface area contributed by atoms with E-state index in [0.29, 0.717) is 19.4 Å². The van der Waals surface area contributed by atoms with E-state index in [1.165, 1.54) is 25.7 Å². The van der Waals surface area contributed by atoms with E-state index in [1.54, 1.807) is 7.11 Å². The van der Waals surface area contributed by atoms with E-state index in [2.05, 4.69) is 19.1 Å². The predicted octanol–water partition coefficient (Wildman–Crippen LogP) is 5.23. The second-order valence-corrected chi connectivity index (χ2v) is 8.93. The molecule has 1 aromatic carbocycles. The molecular weight excluding hydrogens is 430 g/mol. The summed E-state index contributed by atoms with van der Waals surface area (Å²) in [7, 11) is 1.65. The minimum atomic E-state index is -0.762. The predicted molar refractivity (Wildman–Crippen MR) is 138 cm³/mol. The fourth-order valence-corrected chi connectivity index (χ4v) is 4.15. The molecule has 0 saturated heterocycles. The van der Waals surface area contributed by atoms with Crippen LogP contribution in [0.3, 0.4) is 0 Å². The highest BCUT2D eigenvalue weighted by atomic mass is 16.5. The summed E-state index contributed by atoms with van der Waals surface area (Å²) in [5.41, 5.74) is 6.53. The Morgan fingerprint density at radius 2 is 1.74 bits per heavy atom. The van der Waals surface area contributed by atoms with Crippen LogP contribution in [0.4, 0.5) is 0 Å². The molecule has 5 N–H and O–H groups in total. The number of methoxy groups -OCH3 is 1. The van der Waals surface area contributed by atoms with Crippen LogP contribution in [-0.4, -0.2) is 40.6 Å². The zero-order valence-corrected chi connectivity index (χ0v) is 20.9. The summed E-state index contributed by atoms with van der Waals surface area (Å²) in [4.78, 5) is 10.5. The Labute approximate surface area is 205 Å². The molecule has 0 unspecified atom stereocenters. The third-order valence-corrected chi connectivity index (χ3v) is 6.23. The van der Waals surface area contributed by atoms with Gasteiger partial charge in [0.15, 0.2) is 0 Å². The van der Waals surface area contributed by atoms with Crippen molar-refractivity contribution in [3.63, 3.8) is 0 Å². The molecule has 1 fully saturated rings. The van der Waals surface area contributed by atoms with Crippen molar-refractivity contribution in [1.29, 1.82) is 0 Å². The molecule has 0 aromatic heterocycles. The molecule has 0 aliphatic heterocycles. The van der Waals surface area contributed by atoms with Gasteiger partial charge in [-0.15, -0.1) is 0 Å². The zero-order chi connectivity index (χ0) is 25.2. The van der Waals surface area contributed by atoms with E-state index in [1.807, 2.05) is 36.4 Å². The Kier molecular flexibility index (Phi) is 16.0. The Bertz CT molecular complexity index is 693. The van der Waals surface area contributed by atoms with Gasteiger partial charge in [0.05, 0.1) is 19.3 Å². The third kappa shape index (κ3) is 12.4. The number of hydrogen-bond donors (Lipinski definition) is 4. The van der Waals surface area contributed by atoms with E-state index >= 15 is 0 Å². The average molecular weight is 476 g/mol. The highest BCUT2D eigenvalue weighted by Crippen LogP contribution is 2.36. The van der Waals surface area contributed by atoms with E-state index in [4.69, 9.17) is 15.6 Å². The summed E-state index contributed by atoms with van der Waals surface area (Å²) < 4.78 is 4.97. The van der Waals surface area contributed by atoms with Crippen LogP contribution in [0.2, 0.25) is 0 Å². The Hall–Kier alpha value is -2.15. The van der Waals surface area contributed by atoms with Gasteiger partial charge in [-0.1, -0.05) is 62.6 Å². The van der Waals surface area contributed by atoms with Gasteiger partial charge in [-0.25, -0.2) is 0 Å². The van der Waals surface area contributed by atoms with Crippen LogP contribution < -0.4 is 10.5 Å². The van der Waals surface area contributed by atoms with Crippen LogP contribution in [0.5, 0.6) is 5.75 Å². The molecule has 6 nitrogen and oxygen atoms in total. The average Bonchev–Trinajstić information content (AvgIpc) is 3.10. The molecule has 0 amide bonds. The minimum absolute atomic E-state index is 0.0230. The van der Waals surface area contributed by atoms with Gasteiger partial charge in [-0.3, -0.25) is 4.79 Å². The number of aliphatic carboxylic acids is 1. The summed E-state index contributed by atoms with van der Waals surface area (Å²) in [6.07, 6.45) is 16.1. The summed E-state index contributed by atoms with van der Waals surface area (Å²) in [6, 6.07) is 7.72. The van der Waals surface area contributed by atoms with Gasteiger partial charge in [0.25, 0.3) is 0 Å². The van der Waals surface area contributed by atoms with Crippen molar-refractivity contribution >= 4 is 5.97 Å². The molecule has 192 valence electrons. The number of carboxylic acids is 1. The number of benzene rings is 1. The highest BCUT2D eigenvalue weighted by Gasteiger charge is 2.39. The molecule has 2 rings (SSSR count). The molecule has 1 aliphatic rings. The number of rotatable bonds is 14. The number of unbranched alkanes of at least 4 members (excludes halogenated alkanes) is 5.